The van der Waals surface area contributed by atoms with E-state index in [9.17, 15) is 14.4 Å². The number of ether oxygens (including phenoxy) is 3. The SMILES string of the molecule is CCOc1cc(C=NN2C(=O)[C@@H]3[C@H](C2=O)[C@H]2C=C[C@H]3C2)cc(Cl)c1OCC(=O)OC(C)C. The molecular formula is C23H25ClN2O6. The van der Waals surface area contributed by atoms with Gasteiger partial charge in [0.15, 0.2) is 18.1 Å². The van der Waals surface area contributed by atoms with Crippen LogP contribution in [0, 0.1) is 23.7 Å². The molecule has 0 radical (unpaired) electrons. The topological polar surface area (TPSA) is 94.5 Å². The molecule has 1 aromatic rings. The third-order valence-corrected chi connectivity index (χ3v) is 6.08. The summed E-state index contributed by atoms with van der Waals surface area (Å²) in [4.78, 5) is 37.3. The van der Waals surface area contributed by atoms with Crippen LogP contribution in [0.4, 0.5) is 0 Å². The Balaban J connectivity index is 1.50. The fraction of sp³-hybridized carbons (Fsp3) is 0.478. The number of hydrogen-bond acceptors (Lipinski definition) is 7. The van der Waals surface area contributed by atoms with E-state index in [-0.39, 0.29) is 59.0 Å². The summed E-state index contributed by atoms with van der Waals surface area (Å²) in [6.07, 6.45) is 6.08. The van der Waals surface area contributed by atoms with Crippen LogP contribution in [0.2, 0.25) is 5.02 Å². The first-order chi connectivity index (χ1) is 15.3. The van der Waals surface area contributed by atoms with E-state index in [2.05, 4.69) is 5.10 Å². The molecule has 1 saturated carbocycles. The number of hydrazone groups is 1. The van der Waals surface area contributed by atoms with Gasteiger partial charge in [-0.3, -0.25) is 9.59 Å². The van der Waals surface area contributed by atoms with Gasteiger partial charge in [-0.25, -0.2) is 4.79 Å². The van der Waals surface area contributed by atoms with Crippen molar-refractivity contribution in [3.8, 4) is 11.5 Å². The number of carbonyl (C=O) groups is 3. The zero-order chi connectivity index (χ0) is 23.0. The number of imide groups is 1. The summed E-state index contributed by atoms with van der Waals surface area (Å²) in [5.41, 5.74) is 0.523. The van der Waals surface area contributed by atoms with E-state index in [4.69, 9.17) is 25.8 Å². The van der Waals surface area contributed by atoms with E-state index in [1.165, 1.54) is 6.21 Å². The number of esters is 1. The molecule has 1 aromatic carbocycles. The Morgan fingerprint density at radius 1 is 1.19 bits per heavy atom. The predicted octanol–water partition coefficient (Wildman–Crippen LogP) is 3.21. The van der Waals surface area contributed by atoms with E-state index in [0.717, 1.165) is 11.4 Å². The molecule has 2 bridgehead atoms. The van der Waals surface area contributed by atoms with Crippen LogP contribution in [-0.2, 0) is 19.1 Å². The number of halogens is 1. The molecule has 32 heavy (non-hydrogen) atoms. The molecule has 2 aliphatic carbocycles. The van der Waals surface area contributed by atoms with Crippen molar-refractivity contribution in [1.82, 2.24) is 5.01 Å². The average molecular weight is 461 g/mol. The quantitative estimate of drug-likeness (QED) is 0.256. The minimum atomic E-state index is -0.524. The van der Waals surface area contributed by atoms with E-state index < -0.39 is 5.97 Å². The van der Waals surface area contributed by atoms with Gasteiger partial charge in [-0.2, -0.15) is 10.1 Å². The van der Waals surface area contributed by atoms with E-state index in [1.54, 1.807) is 32.9 Å². The standard InChI is InChI=1S/C23H25ClN2O6/c1-4-30-17-8-13(7-16(24)21(17)31-11-18(27)32-12(2)3)10-25-26-22(28)19-14-5-6-15(9-14)20(19)23(26)29/h5-8,10,12,14-15,19-20H,4,9,11H2,1-3H3/t14-,15-,19-,20+/m0/s1. The lowest BCUT2D eigenvalue weighted by atomic mass is 9.85. The second-order valence-electron chi connectivity index (χ2n) is 8.32. The van der Waals surface area contributed by atoms with Crippen LogP contribution >= 0.6 is 11.6 Å². The van der Waals surface area contributed by atoms with E-state index >= 15 is 0 Å². The molecule has 4 atom stereocenters. The minimum absolute atomic E-state index is 0.125. The Hall–Kier alpha value is -2.87. The van der Waals surface area contributed by atoms with Crippen LogP contribution in [0.3, 0.4) is 0 Å². The number of hydrogen-bond donors (Lipinski definition) is 0. The molecular weight excluding hydrogens is 436 g/mol. The van der Waals surface area contributed by atoms with Gasteiger partial charge in [0.1, 0.15) is 0 Å². The number of allylic oxidation sites excluding steroid dienone is 2. The van der Waals surface area contributed by atoms with Crippen molar-refractivity contribution in [2.24, 2.45) is 28.8 Å². The van der Waals surface area contributed by atoms with Crippen molar-refractivity contribution in [3.05, 3.63) is 34.9 Å². The Morgan fingerprint density at radius 2 is 1.84 bits per heavy atom. The van der Waals surface area contributed by atoms with Crippen molar-refractivity contribution in [2.75, 3.05) is 13.2 Å². The lowest BCUT2D eigenvalue weighted by molar-refractivity contribution is -0.149. The highest BCUT2D eigenvalue weighted by atomic mass is 35.5. The molecule has 0 unspecified atom stereocenters. The van der Waals surface area contributed by atoms with Crippen molar-refractivity contribution in [2.45, 2.75) is 33.3 Å². The van der Waals surface area contributed by atoms with Crippen molar-refractivity contribution in [1.29, 1.82) is 0 Å². The van der Waals surface area contributed by atoms with Crippen LogP contribution in [0.15, 0.2) is 29.4 Å². The number of amides is 2. The Labute approximate surface area is 191 Å². The normalized spacial score (nSPS) is 25.8. The fourth-order valence-corrected chi connectivity index (χ4v) is 4.89. The molecule has 4 rings (SSSR count). The summed E-state index contributed by atoms with van der Waals surface area (Å²) in [5, 5.41) is 5.34. The molecule has 8 nitrogen and oxygen atoms in total. The van der Waals surface area contributed by atoms with Crippen molar-refractivity contribution >= 4 is 35.6 Å². The van der Waals surface area contributed by atoms with Crippen molar-refractivity contribution in [3.63, 3.8) is 0 Å². The first-order valence-corrected chi connectivity index (χ1v) is 11.1. The molecule has 170 valence electrons. The van der Waals surface area contributed by atoms with Crippen LogP contribution in [0.5, 0.6) is 11.5 Å². The first kappa shape index (κ1) is 22.3. The second kappa shape index (κ2) is 8.94. The average Bonchev–Trinajstić information content (AvgIpc) is 3.40. The third kappa shape index (κ3) is 4.11. The second-order valence-corrected chi connectivity index (χ2v) is 8.73. The highest BCUT2D eigenvalue weighted by Crippen LogP contribution is 2.52. The summed E-state index contributed by atoms with van der Waals surface area (Å²) >= 11 is 6.36. The molecule has 9 heteroatoms. The number of rotatable bonds is 8. The predicted molar refractivity (Wildman–Crippen MR) is 117 cm³/mol. The van der Waals surface area contributed by atoms with Crippen LogP contribution in [-0.4, -0.2) is 48.3 Å². The maximum Gasteiger partial charge on any atom is 0.344 e. The number of fused-ring (bicyclic) bond motifs is 5. The summed E-state index contributed by atoms with van der Waals surface area (Å²) in [7, 11) is 0. The highest BCUT2D eigenvalue weighted by molar-refractivity contribution is 6.32. The number of benzene rings is 1. The molecule has 0 aromatic heterocycles. The van der Waals surface area contributed by atoms with Gasteiger partial charge in [0.2, 0.25) is 0 Å². The van der Waals surface area contributed by atoms with Gasteiger partial charge < -0.3 is 14.2 Å². The maximum absolute atomic E-state index is 12.8. The van der Waals surface area contributed by atoms with Gasteiger partial charge in [-0.15, -0.1) is 0 Å². The fourth-order valence-electron chi connectivity index (χ4n) is 4.62. The summed E-state index contributed by atoms with van der Waals surface area (Å²) in [6, 6.07) is 3.19. The molecule has 0 spiro atoms. The number of nitrogens with zero attached hydrogens (tertiary/aromatic N) is 2. The van der Waals surface area contributed by atoms with Gasteiger partial charge >= 0.3 is 5.97 Å². The number of carbonyl (C=O) groups excluding carboxylic acids is 3. The van der Waals surface area contributed by atoms with Crippen LogP contribution in [0.25, 0.3) is 0 Å². The summed E-state index contributed by atoms with van der Waals surface area (Å²) in [6.45, 7) is 5.31. The Morgan fingerprint density at radius 3 is 2.44 bits per heavy atom. The largest absolute Gasteiger partial charge is 0.490 e. The van der Waals surface area contributed by atoms with Gasteiger partial charge in [-0.05, 0) is 56.7 Å². The monoisotopic (exact) mass is 460 g/mol. The molecule has 3 aliphatic rings. The summed E-state index contributed by atoms with van der Waals surface area (Å²) < 4.78 is 16.2. The molecule has 2 fully saturated rings. The molecule has 1 aliphatic heterocycles. The van der Waals surface area contributed by atoms with Gasteiger partial charge in [0.25, 0.3) is 11.8 Å². The Bertz CT molecular complexity index is 974. The smallest absolute Gasteiger partial charge is 0.344 e. The highest BCUT2D eigenvalue weighted by Gasteiger charge is 2.59. The zero-order valence-electron chi connectivity index (χ0n) is 18.1. The lowest BCUT2D eigenvalue weighted by Crippen LogP contribution is -2.28. The first-order valence-electron chi connectivity index (χ1n) is 10.7. The molecule has 0 N–H and O–H groups in total. The van der Waals surface area contributed by atoms with Gasteiger partial charge in [0, 0.05) is 0 Å². The molecule has 1 heterocycles. The summed E-state index contributed by atoms with van der Waals surface area (Å²) in [5.74, 6) is -0.880. The van der Waals surface area contributed by atoms with E-state index in [1.807, 2.05) is 12.2 Å². The van der Waals surface area contributed by atoms with E-state index in [0.29, 0.717) is 17.9 Å². The van der Waals surface area contributed by atoms with Gasteiger partial charge in [-0.1, -0.05) is 23.8 Å². The zero-order valence-corrected chi connectivity index (χ0v) is 18.9. The molecule has 2 amide bonds. The minimum Gasteiger partial charge on any atom is -0.490 e. The Kier molecular flexibility index (Phi) is 6.24. The lowest BCUT2D eigenvalue weighted by Gasteiger charge is -2.15. The van der Waals surface area contributed by atoms with Crippen molar-refractivity contribution < 1.29 is 28.6 Å². The van der Waals surface area contributed by atoms with Crippen LogP contribution < -0.4 is 9.47 Å². The molecule has 1 saturated heterocycles. The van der Waals surface area contributed by atoms with Gasteiger partial charge in [0.05, 0.1) is 35.8 Å². The maximum atomic E-state index is 12.8. The van der Waals surface area contributed by atoms with Crippen LogP contribution in [0.1, 0.15) is 32.8 Å². The third-order valence-electron chi connectivity index (χ3n) is 5.80.